The Kier molecular flexibility index (Phi) is 4.84. The number of carbonyl (C=O) groups excluding carboxylic acids is 1. The average Bonchev–Trinajstić information content (AvgIpc) is 2.96. The summed E-state index contributed by atoms with van der Waals surface area (Å²) in [6.45, 7) is 1.89. The van der Waals surface area contributed by atoms with Crippen molar-refractivity contribution in [2.24, 2.45) is 0 Å². The minimum absolute atomic E-state index is 0.0258. The molecule has 7 heteroatoms. The summed E-state index contributed by atoms with van der Waals surface area (Å²) in [6.07, 6.45) is 2.37. The lowest BCUT2D eigenvalue weighted by Gasteiger charge is -2.27. The fraction of sp³-hybridized carbons (Fsp3) is 0.467. The van der Waals surface area contributed by atoms with Gasteiger partial charge in [-0.05, 0) is 38.0 Å². The van der Waals surface area contributed by atoms with E-state index in [0.29, 0.717) is 12.8 Å². The van der Waals surface area contributed by atoms with Gasteiger partial charge in [-0.2, -0.15) is 9.98 Å². The smallest absolute Gasteiger partial charge is 0.327 e. The Morgan fingerprint density at radius 2 is 2.09 bits per heavy atom. The Hall–Kier alpha value is -1.91. The highest BCUT2D eigenvalue weighted by atomic mass is 32.2. The summed E-state index contributed by atoms with van der Waals surface area (Å²) in [5.74, 6) is -0.535. The normalized spacial score (nSPS) is 16.9. The summed E-state index contributed by atoms with van der Waals surface area (Å²) >= 11 is 0. The van der Waals surface area contributed by atoms with Crippen molar-refractivity contribution in [1.82, 2.24) is 4.72 Å². The van der Waals surface area contributed by atoms with Gasteiger partial charge in [0.05, 0.1) is 23.1 Å². The zero-order valence-electron chi connectivity index (χ0n) is 12.3. The van der Waals surface area contributed by atoms with Gasteiger partial charge in [0.1, 0.15) is 5.54 Å². The molecule has 0 saturated heterocycles. The third-order valence-corrected chi connectivity index (χ3v) is 5.26. The maximum atomic E-state index is 12.5. The van der Waals surface area contributed by atoms with Gasteiger partial charge in [0, 0.05) is 0 Å². The van der Waals surface area contributed by atoms with Crippen molar-refractivity contribution >= 4 is 16.0 Å². The molecule has 0 heterocycles. The van der Waals surface area contributed by atoms with Gasteiger partial charge < -0.3 is 4.74 Å². The SMILES string of the molecule is CCOC(=O)C1(NS(=O)(=O)c2cccc(C#N)c2)CCCC1. The van der Waals surface area contributed by atoms with Crippen molar-refractivity contribution in [1.29, 1.82) is 5.26 Å². The highest BCUT2D eigenvalue weighted by molar-refractivity contribution is 7.89. The number of nitriles is 1. The van der Waals surface area contributed by atoms with Gasteiger partial charge in [0.25, 0.3) is 0 Å². The molecule has 22 heavy (non-hydrogen) atoms. The van der Waals surface area contributed by atoms with Crippen LogP contribution < -0.4 is 4.72 Å². The van der Waals surface area contributed by atoms with Gasteiger partial charge in [0.2, 0.25) is 10.0 Å². The van der Waals surface area contributed by atoms with Gasteiger partial charge in [-0.1, -0.05) is 18.9 Å². The molecule has 0 spiro atoms. The largest absolute Gasteiger partial charge is 0.465 e. The van der Waals surface area contributed by atoms with E-state index >= 15 is 0 Å². The van der Waals surface area contributed by atoms with Crippen LogP contribution in [0.4, 0.5) is 0 Å². The zero-order valence-corrected chi connectivity index (χ0v) is 13.1. The highest BCUT2D eigenvalue weighted by Gasteiger charge is 2.45. The number of nitrogens with one attached hydrogen (secondary N) is 1. The second kappa shape index (κ2) is 6.46. The molecule has 0 bridgehead atoms. The summed E-state index contributed by atoms with van der Waals surface area (Å²) in [4.78, 5) is 12.2. The molecule has 0 unspecified atom stereocenters. The predicted octanol–water partition coefficient (Wildman–Crippen LogP) is 1.71. The van der Waals surface area contributed by atoms with Crippen molar-refractivity contribution < 1.29 is 17.9 Å². The molecule has 2 rings (SSSR count). The summed E-state index contributed by atoms with van der Waals surface area (Å²) in [7, 11) is -3.90. The molecule has 6 nitrogen and oxygen atoms in total. The van der Waals surface area contributed by atoms with E-state index in [4.69, 9.17) is 10.00 Å². The molecule has 0 aliphatic heterocycles. The molecule has 1 aliphatic carbocycles. The third-order valence-electron chi connectivity index (χ3n) is 3.73. The van der Waals surface area contributed by atoms with E-state index in [1.807, 2.05) is 6.07 Å². The molecule has 118 valence electrons. The van der Waals surface area contributed by atoms with E-state index in [1.165, 1.54) is 24.3 Å². The molecule has 1 aromatic rings. The number of hydrogen-bond donors (Lipinski definition) is 1. The maximum absolute atomic E-state index is 12.5. The number of rotatable bonds is 5. The minimum Gasteiger partial charge on any atom is -0.465 e. The maximum Gasteiger partial charge on any atom is 0.327 e. The molecule has 0 amide bonds. The van der Waals surface area contributed by atoms with Gasteiger partial charge in [-0.3, -0.25) is 4.79 Å². The quantitative estimate of drug-likeness (QED) is 0.833. The molecular weight excluding hydrogens is 304 g/mol. The third kappa shape index (κ3) is 3.29. The first kappa shape index (κ1) is 16.5. The fourth-order valence-corrected chi connectivity index (χ4v) is 4.10. The van der Waals surface area contributed by atoms with Crippen molar-refractivity contribution in [3.8, 4) is 6.07 Å². The summed E-state index contributed by atoms with van der Waals surface area (Å²) < 4.78 is 32.6. The van der Waals surface area contributed by atoms with Crippen LogP contribution in [0, 0.1) is 11.3 Å². The number of hydrogen-bond acceptors (Lipinski definition) is 5. The molecule has 0 radical (unpaired) electrons. The Morgan fingerprint density at radius 3 is 2.68 bits per heavy atom. The standard InChI is InChI=1S/C15H18N2O4S/c1-2-21-14(18)15(8-3-4-9-15)17-22(19,20)13-7-5-6-12(10-13)11-16/h5-7,10,17H,2-4,8-9H2,1H3. The average molecular weight is 322 g/mol. The van der Waals surface area contributed by atoms with Gasteiger partial charge >= 0.3 is 5.97 Å². The molecule has 0 atom stereocenters. The lowest BCUT2D eigenvalue weighted by molar-refractivity contribution is -0.150. The van der Waals surface area contributed by atoms with E-state index in [1.54, 1.807) is 6.92 Å². The lowest BCUT2D eigenvalue weighted by atomic mass is 10.00. The van der Waals surface area contributed by atoms with Gasteiger partial charge in [-0.25, -0.2) is 8.42 Å². The van der Waals surface area contributed by atoms with Crippen LogP contribution in [0.5, 0.6) is 0 Å². The fourth-order valence-electron chi connectivity index (χ4n) is 2.64. The van der Waals surface area contributed by atoms with Crippen LogP contribution in [0.2, 0.25) is 0 Å². The van der Waals surface area contributed by atoms with Crippen molar-refractivity contribution in [2.75, 3.05) is 6.61 Å². The van der Waals surface area contributed by atoms with Crippen LogP contribution in [0.15, 0.2) is 29.2 Å². The zero-order chi connectivity index (χ0) is 16.2. The molecular formula is C15H18N2O4S. The van der Waals surface area contributed by atoms with Crippen LogP contribution in [0.1, 0.15) is 38.2 Å². The van der Waals surface area contributed by atoms with Crippen molar-refractivity contribution in [3.63, 3.8) is 0 Å². The molecule has 1 aromatic carbocycles. The topological polar surface area (TPSA) is 96.3 Å². The van der Waals surface area contributed by atoms with Crippen molar-refractivity contribution in [2.45, 2.75) is 43.0 Å². The molecule has 1 aliphatic rings. The number of benzene rings is 1. The Morgan fingerprint density at radius 1 is 1.41 bits per heavy atom. The summed E-state index contributed by atoms with van der Waals surface area (Å²) in [6, 6.07) is 7.61. The first-order chi connectivity index (χ1) is 10.4. The van der Waals surface area contributed by atoms with E-state index < -0.39 is 21.5 Å². The number of nitrogens with zero attached hydrogens (tertiary/aromatic N) is 1. The van der Waals surface area contributed by atoms with Crippen LogP contribution in [-0.4, -0.2) is 26.5 Å². The molecule has 1 N–H and O–H groups in total. The summed E-state index contributed by atoms with van der Waals surface area (Å²) in [5, 5.41) is 8.88. The number of carbonyl (C=O) groups is 1. The van der Waals surface area contributed by atoms with E-state index in [2.05, 4.69) is 4.72 Å². The Labute approximate surface area is 130 Å². The number of sulfonamides is 1. The number of ether oxygens (including phenoxy) is 1. The van der Waals surface area contributed by atoms with Crippen LogP contribution in [0.25, 0.3) is 0 Å². The highest BCUT2D eigenvalue weighted by Crippen LogP contribution is 2.32. The van der Waals surface area contributed by atoms with E-state index in [0.717, 1.165) is 12.8 Å². The van der Waals surface area contributed by atoms with Crippen molar-refractivity contribution in [3.05, 3.63) is 29.8 Å². The van der Waals surface area contributed by atoms with E-state index in [9.17, 15) is 13.2 Å². The van der Waals surface area contributed by atoms with Gasteiger partial charge in [-0.15, -0.1) is 0 Å². The first-order valence-electron chi connectivity index (χ1n) is 7.15. The minimum atomic E-state index is -3.90. The van der Waals surface area contributed by atoms with Gasteiger partial charge in [0.15, 0.2) is 0 Å². The van der Waals surface area contributed by atoms with Crippen LogP contribution in [0.3, 0.4) is 0 Å². The number of esters is 1. The predicted molar refractivity (Wildman–Crippen MR) is 79.3 cm³/mol. The molecule has 0 aromatic heterocycles. The van der Waals surface area contributed by atoms with E-state index in [-0.39, 0.29) is 17.1 Å². The Bertz CT molecular complexity index is 700. The lowest BCUT2D eigenvalue weighted by Crippen LogP contribution is -2.53. The molecule has 1 saturated carbocycles. The Balaban J connectivity index is 2.33. The second-order valence-corrected chi connectivity index (χ2v) is 6.94. The first-order valence-corrected chi connectivity index (χ1v) is 8.63. The molecule has 1 fully saturated rings. The van der Waals surface area contributed by atoms with Crippen LogP contribution >= 0.6 is 0 Å². The second-order valence-electron chi connectivity index (χ2n) is 5.25. The monoisotopic (exact) mass is 322 g/mol. The van der Waals surface area contributed by atoms with Crippen LogP contribution in [-0.2, 0) is 19.6 Å². The summed E-state index contributed by atoms with van der Waals surface area (Å²) in [5.41, 5.74) is -0.947.